The molecular weight excluding hydrogens is 345 g/mol. The molecule has 2 aromatic rings. The van der Waals surface area contributed by atoms with Gasteiger partial charge in [-0.05, 0) is 85.3 Å². The molecule has 27 heavy (non-hydrogen) atoms. The first-order chi connectivity index (χ1) is 13.0. The van der Waals surface area contributed by atoms with Crippen molar-refractivity contribution < 1.29 is 13.2 Å². The highest BCUT2D eigenvalue weighted by Crippen LogP contribution is 2.38. The summed E-state index contributed by atoms with van der Waals surface area (Å²) in [6, 6.07) is 9.05. The Kier molecular flexibility index (Phi) is 6.98. The van der Waals surface area contributed by atoms with Crippen LogP contribution in [0.5, 0.6) is 0 Å². The van der Waals surface area contributed by atoms with Crippen molar-refractivity contribution in [3.05, 3.63) is 70.5 Å². The van der Waals surface area contributed by atoms with Crippen LogP contribution in [0.4, 0.5) is 13.2 Å². The summed E-state index contributed by atoms with van der Waals surface area (Å²) < 4.78 is 41.1. The topological polar surface area (TPSA) is 0 Å². The van der Waals surface area contributed by atoms with Crippen molar-refractivity contribution in [2.45, 2.75) is 70.6 Å². The average Bonchev–Trinajstić information content (AvgIpc) is 2.65. The molecule has 3 rings (SSSR count). The summed E-state index contributed by atoms with van der Waals surface area (Å²) in [6.45, 7) is 2.24. The van der Waals surface area contributed by atoms with Gasteiger partial charge in [0, 0.05) is 6.07 Å². The van der Waals surface area contributed by atoms with E-state index in [0.717, 1.165) is 30.4 Å². The number of hydrogen-bond donors (Lipinski definition) is 0. The number of halogens is 3. The molecule has 146 valence electrons. The number of benzene rings is 2. The zero-order chi connectivity index (χ0) is 19.2. The van der Waals surface area contributed by atoms with E-state index in [1.54, 1.807) is 6.07 Å². The van der Waals surface area contributed by atoms with Gasteiger partial charge < -0.3 is 0 Å². The summed E-state index contributed by atoms with van der Waals surface area (Å²) in [4.78, 5) is 0. The summed E-state index contributed by atoms with van der Waals surface area (Å²) >= 11 is 0. The van der Waals surface area contributed by atoms with Crippen LogP contribution in [0.2, 0.25) is 0 Å². The molecule has 0 spiro atoms. The van der Waals surface area contributed by atoms with Crippen molar-refractivity contribution in [2.24, 2.45) is 5.92 Å². The molecule has 0 bridgehead atoms. The third kappa shape index (κ3) is 5.60. The van der Waals surface area contributed by atoms with E-state index in [0.29, 0.717) is 29.9 Å². The second-order valence-corrected chi connectivity index (χ2v) is 7.99. The molecule has 0 N–H and O–H groups in total. The molecular formula is C24H29F3. The summed E-state index contributed by atoms with van der Waals surface area (Å²) in [7, 11) is 0. The quantitative estimate of drug-likeness (QED) is 0.475. The van der Waals surface area contributed by atoms with Crippen LogP contribution < -0.4 is 0 Å². The molecule has 1 fully saturated rings. The zero-order valence-corrected chi connectivity index (χ0v) is 16.1. The van der Waals surface area contributed by atoms with Gasteiger partial charge in [-0.25, -0.2) is 13.2 Å². The third-order valence-corrected chi connectivity index (χ3v) is 5.97. The average molecular weight is 374 g/mol. The Balaban J connectivity index is 1.57. The summed E-state index contributed by atoms with van der Waals surface area (Å²) in [6.07, 6.45) is 9.57. The lowest BCUT2D eigenvalue weighted by Gasteiger charge is -2.29. The van der Waals surface area contributed by atoms with Crippen LogP contribution in [0.3, 0.4) is 0 Å². The Hall–Kier alpha value is -1.77. The molecule has 1 aliphatic carbocycles. The molecule has 1 aliphatic rings. The van der Waals surface area contributed by atoms with Gasteiger partial charge in [0.25, 0.3) is 0 Å². The molecule has 0 nitrogen and oxygen atoms in total. The van der Waals surface area contributed by atoms with Gasteiger partial charge >= 0.3 is 0 Å². The van der Waals surface area contributed by atoms with Crippen LogP contribution in [-0.4, -0.2) is 0 Å². The maximum Gasteiger partial charge on any atom is 0.126 e. The zero-order valence-electron chi connectivity index (χ0n) is 16.1. The van der Waals surface area contributed by atoms with E-state index in [4.69, 9.17) is 0 Å². The van der Waals surface area contributed by atoms with Crippen molar-refractivity contribution in [3.8, 4) is 0 Å². The van der Waals surface area contributed by atoms with E-state index in [1.165, 1.54) is 44.2 Å². The van der Waals surface area contributed by atoms with Crippen molar-refractivity contribution >= 4 is 0 Å². The van der Waals surface area contributed by atoms with Gasteiger partial charge in [-0.3, -0.25) is 0 Å². The molecule has 0 radical (unpaired) electrons. The van der Waals surface area contributed by atoms with E-state index >= 15 is 0 Å². The van der Waals surface area contributed by atoms with Crippen LogP contribution in [0.1, 0.15) is 74.5 Å². The molecule has 0 unspecified atom stereocenters. The van der Waals surface area contributed by atoms with Gasteiger partial charge in [0.05, 0.1) is 0 Å². The lowest BCUT2D eigenvalue weighted by Crippen LogP contribution is -2.13. The molecule has 3 heteroatoms. The SMILES string of the molecule is CCCC[C@H]1CC[C@H](c2ccc(CCc3cc(F)cc(F)c3)c(F)c2)CC1. The molecule has 0 saturated heterocycles. The van der Waals surface area contributed by atoms with Gasteiger partial charge in [0.1, 0.15) is 17.5 Å². The molecule has 0 aromatic heterocycles. The van der Waals surface area contributed by atoms with Crippen molar-refractivity contribution in [3.63, 3.8) is 0 Å². The van der Waals surface area contributed by atoms with Crippen molar-refractivity contribution in [2.75, 3.05) is 0 Å². The monoisotopic (exact) mass is 374 g/mol. The third-order valence-electron chi connectivity index (χ3n) is 5.97. The van der Waals surface area contributed by atoms with Gasteiger partial charge in [0.15, 0.2) is 0 Å². The maximum absolute atomic E-state index is 14.6. The fraction of sp³-hybridized carbons (Fsp3) is 0.500. The van der Waals surface area contributed by atoms with E-state index in [-0.39, 0.29) is 5.82 Å². The minimum Gasteiger partial charge on any atom is -0.207 e. The first-order valence-corrected chi connectivity index (χ1v) is 10.3. The van der Waals surface area contributed by atoms with Crippen LogP contribution in [0, 0.1) is 23.4 Å². The highest BCUT2D eigenvalue weighted by molar-refractivity contribution is 5.29. The van der Waals surface area contributed by atoms with E-state index in [9.17, 15) is 13.2 Å². The maximum atomic E-state index is 14.6. The number of hydrogen-bond acceptors (Lipinski definition) is 0. The smallest absolute Gasteiger partial charge is 0.126 e. The Morgan fingerprint density at radius 1 is 0.852 bits per heavy atom. The lowest BCUT2D eigenvalue weighted by molar-refractivity contribution is 0.304. The van der Waals surface area contributed by atoms with Gasteiger partial charge in [0.2, 0.25) is 0 Å². The molecule has 0 aliphatic heterocycles. The molecule has 1 saturated carbocycles. The summed E-state index contributed by atoms with van der Waals surface area (Å²) in [5.74, 6) is -0.0658. The van der Waals surface area contributed by atoms with Crippen molar-refractivity contribution in [1.82, 2.24) is 0 Å². The Morgan fingerprint density at radius 3 is 2.19 bits per heavy atom. The first-order valence-electron chi connectivity index (χ1n) is 10.3. The van der Waals surface area contributed by atoms with Gasteiger partial charge in [-0.15, -0.1) is 0 Å². The second kappa shape index (κ2) is 9.43. The number of aryl methyl sites for hydroxylation is 2. The Labute approximate surface area is 160 Å². The van der Waals surface area contributed by atoms with E-state index < -0.39 is 11.6 Å². The van der Waals surface area contributed by atoms with Crippen LogP contribution in [-0.2, 0) is 12.8 Å². The van der Waals surface area contributed by atoms with Gasteiger partial charge in [-0.2, -0.15) is 0 Å². The number of unbranched alkanes of at least 4 members (excludes halogenated alkanes) is 1. The lowest BCUT2D eigenvalue weighted by atomic mass is 9.77. The normalized spacial score (nSPS) is 20.0. The second-order valence-electron chi connectivity index (χ2n) is 7.99. The molecule has 0 heterocycles. The largest absolute Gasteiger partial charge is 0.207 e. The van der Waals surface area contributed by atoms with Crippen molar-refractivity contribution in [1.29, 1.82) is 0 Å². The predicted molar refractivity (Wildman–Crippen MR) is 104 cm³/mol. The summed E-state index contributed by atoms with van der Waals surface area (Å²) in [5, 5.41) is 0. The molecule has 0 amide bonds. The molecule has 0 atom stereocenters. The Bertz CT molecular complexity index is 725. The highest BCUT2D eigenvalue weighted by Gasteiger charge is 2.22. The minimum atomic E-state index is -0.588. The number of rotatable bonds is 7. The minimum absolute atomic E-state index is 0.197. The fourth-order valence-electron chi connectivity index (χ4n) is 4.33. The van der Waals surface area contributed by atoms with Crippen LogP contribution >= 0.6 is 0 Å². The highest BCUT2D eigenvalue weighted by atomic mass is 19.1. The van der Waals surface area contributed by atoms with Gasteiger partial charge in [-0.1, -0.05) is 38.3 Å². The predicted octanol–water partition coefficient (Wildman–Crippen LogP) is 7.35. The van der Waals surface area contributed by atoms with Crippen LogP contribution in [0.15, 0.2) is 36.4 Å². The van der Waals surface area contributed by atoms with E-state index in [1.807, 2.05) is 12.1 Å². The fourth-order valence-corrected chi connectivity index (χ4v) is 4.33. The Morgan fingerprint density at radius 2 is 1.56 bits per heavy atom. The first kappa shape index (κ1) is 20.0. The summed E-state index contributed by atoms with van der Waals surface area (Å²) in [5.41, 5.74) is 2.27. The standard InChI is InChI=1S/C24H29F3/c1-2-3-4-17-5-8-19(9-6-17)21-12-11-20(24(27)15-21)10-7-18-13-22(25)16-23(26)14-18/h11-17,19H,2-10H2,1H3/t17-,19-. The van der Waals surface area contributed by atoms with Crippen LogP contribution in [0.25, 0.3) is 0 Å². The molecule has 2 aromatic carbocycles. The van der Waals surface area contributed by atoms with E-state index in [2.05, 4.69) is 6.92 Å².